The van der Waals surface area contributed by atoms with Crippen molar-refractivity contribution in [1.29, 1.82) is 0 Å². The van der Waals surface area contributed by atoms with E-state index >= 15 is 0 Å². The van der Waals surface area contributed by atoms with E-state index in [1.54, 1.807) is 0 Å². The molecular formula is C13H25ClN2O3. The molecule has 1 aliphatic carbocycles. The second-order valence-electron chi connectivity index (χ2n) is 5.29. The third-order valence-electron chi connectivity index (χ3n) is 3.92. The number of ether oxygens (including phenoxy) is 1. The van der Waals surface area contributed by atoms with Gasteiger partial charge in [-0.2, -0.15) is 0 Å². The summed E-state index contributed by atoms with van der Waals surface area (Å²) < 4.78 is 5.24. The summed E-state index contributed by atoms with van der Waals surface area (Å²) in [4.78, 5) is 11.8. The van der Waals surface area contributed by atoms with E-state index in [-0.39, 0.29) is 24.4 Å². The normalized spacial score (nSPS) is 26.3. The number of morpholine rings is 1. The van der Waals surface area contributed by atoms with Crippen molar-refractivity contribution in [3.05, 3.63) is 0 Å². The van der Waals surface area contributed by atoms with E-state index in [0.717, 1.165) is 12.8 Å². The Morgan fingerprint density at radius 2 is 2.11 bits per heavy atom. The number of rotatable bonds is 4. The molecule has 5 nitrogen and oxygen atoms in total. The summed E-state index contributed by atoms with van der Waals surface area (Å²) in [5.41, 5.74) is 0. The van der Waals surface area contributed by atoms with Crippen molar-refractivity contribution < 1.29 is 14.6 Å². The van der Waals surface area contributed by atoms with Gasteiger partial charge in [0.25, 0.3) is 0 Å². The summed E-state index contributed by atoms with van der Waals surface area (Å²) in [6.07, 6.45) is 5.45. The molecule has 0 bridgehead atoms. The number of hydrogen-bond acceptors (Lipinski definition) is 4. The first-order valence-corrected chi connectivity index (χ1v) is 7.04. The number of carbonyl (C=O) groups is 1. The second-order valence-corrected chi connectivity index (χ2v) is 5.29. The van der Waals surface area contributed by atoms with Gasteiger partial charge in [0.1, 0.15) is 6.04 Å². The van der Waals surface area contributed by atoms with E-state index in [9.17, 15) is 9.90 Å². The molecule has 6 heteroatoms. The Morgan fingerprint density at radius 1 is 1.37 bits per heavy atom. The maximum absolute atomic E-state index is 11.8. The average molecular weight is 293 g/mol. The van der Waals surface area contributed by atoms with Crippen LogP contribution in [-0.4, -0.2) is 49.5 Å². The molecule has 1 amide bonds. The number of nitrogens with one attached hydrogen (secondary N) is 2. The lowest BCUT2D eigenvalue weighted by atomic mass is 9.85. The molecule has 1 saturated carbocycles. The fourth-order valence-corrected chi connectivity index (χ4v) is 2.75. The maximum atomic E-state index is 11.8. The van der Waals surface area contributed by atoms with Crippen molar-refractivity contribution in [1.82, 2.24) is 10.6 Å². The third-order valence-corrected chi connectivity index (χ3v) is 3.92. The summed E-state index contributed by atoms with van der Waals surface area (Å²) >= 11 is 0. The standard InChI is InChI=1S/C13H24N2O3.ClH/c16-12(10-4-2-1-3-5-10)8-15-13(17)11-9-18-7-6-14-11;/h10-12,14,16H,1-9H2,(H,15,17);1H. The topological polar surface area (TPSA) is 70.6 Å². The smallest absolute Gasteiger partial charge is 0.239 e. The minimum absolute atomic E-state index is 0. The van der Waals surface area contributed by atoms with Crippen molar-refractivity contribution in [2.24, 2.45) is 5.92 Å². The molecule has 2 aliphatic rings. The molecule has 2 unspecified atom stereocenters. The lowest BCUT2D eigenvalue weighted by Crippen LogP contribution is -2.52. The maximum Gasteiger partial charge on any atom is 0.239 e. The predicted molar refractivity (Wildman–Crippen MR) is 75.4 cm³/mol. The number of aliphatic hydroxyl groups excluding tert-OH is 1. The van der Waals surface area contributed by atoms with Crippen molar-refractivity contribution in [2.45, 2.75) is 44.2 Å². The Balaban J connectivity index is 0.00000180. The molecule has 0 spiro atoms. The van der Waals surface area contributed by atoms with E-state index in [0.29, 0.717) is 32.2 Å². The molecule has 112 valence electrons. The minimum atomic E-state index is -0.404. The molecule has 0 aromatic rings. The molecule has 19 heavy (non-hydrogen) atoms. The fourth-order valence-electron chi connectivity index (χ4n) is 2.75. The highest BCUT2D eigenvalue weighted by molar-refractivity contribution is 5.85. The van der Waals surface area contributed by atoms with Crippen LogP contribution in [0.3, 0.4) is 0 Å². The summed E-state index contributed by atoms with van der Waals surface area (Å²) in [7, 11) is 0. The molecule has 3 N–H and O–H groups in total. The van der Waals surface area contributed by atoms with Crippen molar-refractivity contribution >= 4 is 18.3 Å². The van der Waals surface area contributed by atoms with Crippen LogP contribution in [0.15, 0.2) is 0 Å². The molecule has 1 aliphatic heterocycles. The third kappa shape index (κ3) is 5.26. The van der Waals surface area contributed by atoms with E-state index in [1.165, 1.54) is 19.3 Å². The van der Waals surface area contributed by atoms with Gasteiger partial charge in [-0.15, -0.1) is 12.4 Å². The Morgan fingerprint density at radius 3 is 2.74 bits per heavy atom. The molecule has 1 saturated heterocycles. The average Bonchev–Trinajstić information content (AvgIpc) is 2.46. The first-order chi connectivity index (χ1) is 8.77. The molecule has 1 heterocycles. The first-order valence-electron chi connectivity index (χ1n) is 7.04. The van der Waals surface area contributed by atoms with E-state index in [1.807, 2.05) is 0 Å². The predicted octanol–water partition coefficient (Wildman–Crippen LogP) is 0.454. The number of halogens is 1. The van der Waals surface area contributed by atoms with Gasteiger partial charge >= 0.3 is 0 Å². The number of carbonyl (C=O) groups excluding carboxylic acids is 1. The van der Waals surface area contributed by atoms with Gasteiger partial charge in [0.2, 0.25) is 5.91 Å². The Hall–Kier alpha value is -0.360. The van der Waals surface area contributed by atoms with Gasteiger partial charge in [0.05, 0.1) is 19.3 Å². The van der Waals surface area contributed by atoms with E-state index < -0.39 is 6.10 Å². The van der Waals surface area contributed by atoms with Crippen LogP contribution in [0.4, 0.5) is 0 Å². The van der Waals surface area contributed by atoms with Crippen molar-refractivity contribution in [3.63, 3.8) is 0 Å². The van der Waals surface area contributed by atoms with Gasteiger partial charge in [0.15, 0.2) is 0 Å². The minimum Gasteiger partial charge on any atom is -0.391 e. The zero-order valence-electron chi connectivity index (χ0n) is 11.3. The van der Waals surface area contributed by atoms with Crippen LogP contribution in [0.5, 0.6) is 0 Å². The van der Waals surface area contributed by atoms with E-state index in [2.05, 4.69) is 10.6 Å². The zero-order valence-corrected chi connectivity index (χ0v) is 12.1. The molecular weight excluding hydrogens is 268 g/mol. The van der Waals surface area contributed by atoms with Gasteiger partial charge in [-0.1, -0.05) is 19.3 Å². The van der Waals surface area contributed by atoms with Crippen LogP contribution in [0, 0.1) is 5.92 Å². The Bertz CT molecular complexity index is 267. The van der Waals surface area contributed by atoms with Crippen LogP contribution >= 0.6 is 12.4 Å². The van der Waals surface area contributed by atoms with Crippen LogP contribution in [0.2, 0.25) is 0 Å². The number of aliphatic hydroxyl groups is 1. The highest BCUT2D eigenvalue weighted by atomic mass is 35.5. The van der Waals surface area contributed by atoms with Crippen molar-refractivity contribution in [2.75, 3.05) is 26.3 Å². The van der Waals surface area contributed by atoms with Gasteiger partial charge in [0, 0.05) is 13.1 Å². The lowest BCUT2D eigenvalue weighted by Gasteiger charge is -2.28. The van der Waals surface area contributed by atoms with Gasteiger partial charge in [-0.25, -0.2) is 0 Å². The number of hydrogen-bond donors (Lipinski definition) is 3. The van der Waals surface area contributed by atoms with Crippen LogP contribution in [0.1, 0.15) is 32.1 Å². The van der Waals surface area contributed by atoms with Crippen LogP contribution in [0.25, 0.3) is 0 Å². The van der Waals surface area contributed by atoms with Gasteiger partial charge in [-0.3, -0.25) is 4.79 Å². The summed E-state index contributed by atoms with van der Waals surface area (Å²) in [6.45, 7) is 2.16. The summed E-state index contributed by atoms with van der Waals surface area (Å²) in [6, 6.07) is -0.266. The SMILES string of the molecule is Cl.O=C(NCC(O)C1CCCCC1)C1COCCN1. The fraction of sp³-hybridized carbons (Fsp3) is 0.923. The molecule has 0 radical (unpaired) electrons. The van der Waals surface area contributed by atoms with Gasteiger partial charge < -0.3 is 20.5 Å². The van der Waals surface area contributed by atoms with Crippen molar-refractivity contribution in [3.8, 4) is 0 Å². The Labute approximate surface area is 120 Å². The Kier molecular flexibility index (Phi) is 7.68. The number of amides is 1. The zero-order chi connectivity index (χ0) is 12.8. The molecule has 2 atom stereocenters. The van der Waals surface area contributed by atoms with E-state index in [4.69, 9.17) is 4.74 Å². The molecule has 0 aromatic heterocycles. The van der Waals surface area contributed by atoms with Gasteiger partial charge in [-0.05, 0) is 18.8 Å². The summed E-state index contributed by atoms with van der Waals surface area (Å²) in [5, 5.41) is 16.0. The van der Waals surface area contributed by atoms with Crippen LogP contribution in [-0.2, 0) is 9.53 Å². The largest absolute Gasteiger partial charge is 0.391 e. The van der Waals surface area contributed by atoms with Crippen LogP contribution < -0.4 is 10.6 Å². The molecule has 2 fully saturated rings. The monoisotopic (exact) mass is 292 g/mol. The summed E-state index contributed by atoms with van der Waals surface area (Å²) in [5.74, 6) is 0.291. The molecule has 0 aromatic carbocycles. The highest BCUT2D eigenvalue weighted by Crippen LogP contribution is 2.26. The highest BCUT2D eigenvalue weighted by Gasteiger charge is 2.25. The molecule has 2 rings (SSSR count). The lowest BCUT2D eigenvalue weighted by molar-refractivity contribution is -0.126. The second kappa shape index (κ2) is 8.74. The first kappa shape index (κ1) is 16.7. The quantitative estimate of drug-likeness (QED) is 0.704.